The van der Waals surface area contributed by atoms with Gasteiger partial charge < -0.3 is 9.73 Å². The summed E-state index contributed by atoms with van der Waals surface area (Å²) in [7, 11) is 0. The number of oxazole rings is 1. The zero-order chi connectivity index (χ0) is 19.1. The Labute approximate surface area is 164 Å². The Morgan fingerprint density at radius 2 is 1.82 bits per heavy atom. The average molecular weight is 386 g/mol. The standard InChI is InChI=1S/C22H14N2O3S/c25-20-17-5-2-1-4-15(17)16-8-7-13(10-18(16)20)21(26)23-11-14-12-27-22(24-14)19-6-3-9-28-19/h1-10,12H,11H2,(H,23,26). The first kappa shape index (κ1) is 16.6. The fourth-order valence-corrected chi connectivity index (χ4v) is 4.00. The third-order valence-electron chi connectivity index (χ3n) is 4.70. The molecule has 0 spiro atoms. The van der Waals surface area contributed by atoms with Gasteiger partial charge in [-0.15, -0.1) is 11.3 Å². The number of nitrogens with zero attached hydrogens (tertiary/aromatic N) is 1. The summed E-state index contributed by atoms with van der Waals surface area (Å²) in [5.74, 6) is 0.240. The number of aromatic nitrogens is 1. The molecule has 0 saturated heterocycles. The topological polar surface area (TPSA) is 72.2 Å². The van der Waals surface area contributed by atoms with Gasteiger partial charge in [0.05, 0.1) is 17.1 Å². The molecule has 0 bridgehead atoms. The summed E-state index contributed by atoms with van der Waals surface area (Å²) >= 11 is 1.54. The van der Waals surface area contributed by atoms with Crippen molar-refractivity contribution in [1.29, 1.82) is 0 Å². The summed E-state index contributed by atoms with van der Waals surface area (Å²) in [4.78, 5) is 30.5. The molecule has 0 atom stereocenters. The number of hydrogen-bond acceptors (Lipinski definition) is 5. The number of hydrogen-bond donors (Lipinski definition) is 1. The number of benzene rings is 2. The molecule has 6 heteroatoms. The molecule has 0 aliphatic heterocycles. The van der Waals surface area contributed by atoms with Crippen LogP contribution >= 0.6 is 11.3 Å². The van der Waals surface area contributed by atoms with Gasteiger partial charge in [0.15, 0.2) is 5.78 Å². The van der Waals surface area contributed by atoms with E-state index in [-0.39, 0.29) is 18.2 Å². The van der Waals surface area contributed by atoms with E-state index in [0.29, 0.717) is 28.3 Å². The van der Waals surface area contributed by atoms with Crippen LogP contribution in [0.4, 0.5) is 0 Å². The number of carbonyl (C=O) groups excluding carboxylic acids is 2. The first-order valence-corrected chi connectivity index (χ1v) is 9.63. The van der Waals surface area contributed by atoms with Gasteiger partial charge in [-0.3, -0.25) is 9.59 Å². The SMILES string of the molecule is O=C(NCc1coc(-c2cccs2)n1)c1ccc2c(c1)C(=O)c1ccccc1-2. The number of nitrogens with one attached hydrogen (secondary N) is 1. The Morgan fingerprint density at radius 3 is 2.64 bits per heavy atom. The van der Waals surface area contributed by atoms with Crippen LogP contribution in [0, 0.1) is 0 Å². The molecule has 2 heterocycles. The normalized spacial score (nSPS) is 11.9. The third-order valence-corrected chi connectivity index (χ3v) is 5.56. The molecular weight excluding hydrogens is 372 g/mol. The predicted molar refractivity (Wildman–Crippen MR) is 106 cm³/mol. The van der Waals surface area contributed by atoms with Crippen LogP contribution in [0.3, 0.4) is 0 Å². The van der Waals surface area contributed by atoms with Crippen molar-refractivity contribution >= 4 is 23.0 Å². The molecule has 1 amide bonds. The quantitative estimate of drug-likeness (QED) is 0.492. The molecular formula is C22H14N2O3S. The van der Waals surface area contributed by atoms with E-state index in [1.807, 2.05) is 47.8 Å². The van der Waals surface area contributed by atoms with Crippen molar-refractivity contribution in [2.24, 2.45) is 0 Å². The highest BCUT2D eigenvalue weighted by atomic mass is 32.1. The highest BCUT2D eigenvalue weighted by molar-refractivity contribution is 7.13. The van der Waals surface area contributed by atoms with Crippen LogP contribution in [0.5, 0.6) is 0 Å². The van der Waals surface area contributed by atoms with Crippen molar-refractivity contribution in [3.63, 3.8) is 0 Å². The van der Waals surface area contributed by atoms with Gasteiger partial charge in [-0.2, -0.15) is 0 Å². The molecule has 0 fully saturated rings. The Hall–Kier alpha value is -3.51. The van der Waals surface area contributed by atoms with Crippen molar-refractivity contribution in [1.82, 2.24) is 10.3 Å². The largest absolute Gasteiger partial charge is 0.443 e. The summed E-state index contributed by atoms with van der Waals surface area (Å²) in [5, 5.41) is 4.78. The zero-order valence-corrected chi connectivity index (χ0v) is 15.5. The minimum Gasteiger partial charge on any atom is -0.443 e. The van der Waals surface area contributed by atoms with Crippen molar-refractivity contribution in [2.45, 2.75) is 6.54 Å². The summed E-state index contributed by atoms with van der Waals surface area (Å²) in [6.45, 7) is 0.249. The van der Waals surface area contributed by atoms with E-state index < -0.39 is 0 Å². The fraction of sp³-hybridized carbons (Fsp3) is 0.0455. The van der Waals surface area contributed by atoms with Crippen LogP contribution in [0.1, 0.15) is 32.0 Å². The van der Waals surface area contributed by atoms with Gasteiger partial charge in [0.1, 0.15) is 6.26 Å². The molecule has 4 aromatic rings. The first-order chi connectivity index (χ1) is 13.7. The second-order valence-electron chi connectivity index (χ2n) is 6.44. The van der Waals surface area contributed by atoms with Crippen LogP contribution in [0.2, 0.25) is 0 Å². The number of amides is 1. The summed E-state index contributed by atoms with van der Waals surface area (Å²) in [6, 6.07) is 16.6. The Bertz CT molecular complexity index is 1210. The number of thiophene rings is 1. The molecule has 1 aliphatic rings. The smallest absolute Gasteiger partial charge is 0.251 e. The summed E-state index contributed by atoms with van der Waals surface area (Å²) < 4.78 is 5.46. The molecule has 1 aliphatic carbocycles. The maximum atomic E-state index is 12.6. The fourth-order valence-electron chi connectivity index (χ4n) is 3.34. The highest BCUT2D eigenvalue weighted by Gasteiger charge is 2.27. The predicted octanol–water partition coefficient (Wildman–Crippen LogP) is 4.54. The highest BCUT2D eigenvalue weighted by Crippen LogP contribution is 2.36. The lowest BCUT2D eigenvalue weighted by molar-refractivity contribution is 0.0950. The maximum absolute atomic E-state index is 12.6. The molecule has 5 rings (SSSR count). The maximum Gasteiger partial charge on any atom is 0.251 e. The van der Waals surface area contributed by atoms with Crippen molar-refractivity contribution < 1.29 is 14.0 Å². The molecule has 2 aromatic carbocycles. The van der Waals surface area contributed by atoms with Gasteiger partial charge in [-0.1, -0.05) is 36.4 Å². The second kappa shape index (κ2) is 6.58. The van der Waals surface area contributed by atoms with E-state index in [4.69, 9.17) is 4.42 Å². The van der Waals surface area contributed by atoms with E-state index in [1.54, 1.807) is 23.5 Å². The minimum absolute atomic E-state index is 0.0441. The van der Waals surface area contributed by atoms with E-state index in [9.17, 15) is 9.59 Å². The molecule has 0 radical (unpaired) electrons. The number of ketones is 1. The Balaban J connectivity index is 1.33. The van der Waals surface area contributed by atoms with Gasteiger partial charge in [-0.05, 0) is 34.7 Å². The van der Waals surface area contributed by atoms with E-state index >= 15 is 0 Å². The molecule has 2 aromatic heterocycles. The Morgan fingerprint density at radius 1 is 1.00 bits per heavy atom. The molecule has 28 heavy (non-hydrogen) atoms. The summed E-state index contributed by atoms with van der Waals surface area (Å²) in [5.41, 5.74) is 4.12. The monoisotopic (exact) mass is 386 g/mol. The minimum atomic E-state index is -0.257. The Kier molecular flexibility index (Phi) is 3.91. The van der Waals surface area contributed by atoms with Gasteiger partial charge >= 0.3 is 0 Å². The lowest BCUT2D eigenvalue weighted by atomic mass is 10.0. The zero-order valence-electron chi connectivity index (χ0n) is 14.6. The second-order valence-corrected chi connectivity index (χ2v) is 7.39. The molecule has 5 nitrogen and oxygen atoms in total. The van der Waals surface area contributed by atoms with Crippen molar-refractivity contribution in [2.75, 3.05) is 0 Å². The molecule has 136 valence electrons. The molecule has 0 saturated carbocycles. The number of carbonyl (C=O) groups is 2. The first-order valence-electron chi connectivity index (χ1n) is 8.75. The van der Waals surface area contributed by atoms with Gasteiger partial charge in [0.2, 0.25) is 5.89 Å². The summed E-state index contributed by atoms with van der Waals surface area (Å²) in [6.07, 6.45) is 1.54. The van der Waals surface area contributed by atoms with Crippen LogP contribution < -0.4 is 5.32 Å². The average Bonchev–Trinajstić information content (AvgIpc) is 3.47. The lowest BCUT2D eigenvalue weighted by Crippen LogP contribution is -2.23. The lowest BCUT2D eigenvalue weighted by Gasteiger charge is -2.05. The van der Waals surface area contributed by atoms with Crippen molar-refractivity contribution in [3.05, 3.63) is 88.6 Å². The van der Waals surface area contributed by atoms with Crippen LogP contribution in [0.25, 0.3) is 21.9 Å². The van der Waals surface area contributed by atoms with Crippen LogP contribution in [-0.4, -0.2) is 16.7 Å². The third kappa shape index (κ3) is 2.75. The van der Waals surface area contributed by atoms with Crippen molar-refractivity contribution in [3.8, 4) is 21.9 Å². The van der Waals surface area contributed by atoms with E-state index in [2.05, 4.69) is 10.3 Å². The number of fused-ring (bicyclic) bond motifs is 3. The van der Waals surface area contributed by atoms with Gasteiger partial charge in [0.25, 0.3) is 5.91 Å². The molecule has 0 unspecified atom stereocenters. The van der Waals surface area contributed by atoms with E-state index in [0.717, 1.165) is 16.0 Å². The van der Waals surface area contributed by atoms with Crippen LogP contribution in [0.15, 0.2) is 70.7 Å². The van der Waals surface area contributed by atoms with E-state index in [1.165, 1.54) is 6.26 Å². The molecule has 1 N–H and O–H groups in total. The number of rotatable bonds is 4. The van der Waals surface area contributed by atoms with Gasteiger partial charge in [-0.25, -0.2) is 4.98 Å². The van der Waals surface area contributed by atoms with Gasteiger partial charge in [0, 0.05) is 16.7 Å². The van der Waals surface area contributed by atoms with Crippen LogP contribution in [-0.2, 0) is 6.54 Å².